The second-order valence-electron chi connectivity index (χ2n) is 2.02. The molecule has 0 atom stereocenters. The van der Waals surface area contributed by atoms with Crippen LogP contribution in [0.25, 0.3) is 0 Å². The molecule has 0 aliphatic heterocycles. The predicted molar refractivity (Wildman–Crippen MR) is 45.0 cm³/mol. The van der Waals surface area contributed by atoms with E-state index in [1.54, 1.807) is 0 Å². The maximum atomic E-state index is 4.13. The van der Waals surface area contributed by atoms with Crippen molar-refractivity contribution >= 4 is 18.6 Å². The second kappa shape index (κ2) is 3.25. The first-order valence-electron chi connectivity index (χ1n) is 3.30. The number of hydrogen-bond acceptors (Lipinski definition) is 2. The Kier molecular flexibility index (Phi) is 2.32. The Morgan fingerprint density at radius 3 is 2.70 bits per heavy atom. The van der Waals surface area contributed by atoms with Crippen molar-refractivity contribution in [2.45, 2.75) is 6.82 Å². The van der Waals surface area contributed by atoms with Crippen molar-refractivity contribution in [1.29, 1.82) is 0 Å². The third-order valence-corrected chi connectivity index (χ3v) is 1.38. The molecule has 1 aromatic rings. The molecule has 0 saturated heterocycles. The first-order chi connectivity index (χ1) is 4.86. The molecule has 0 unspecified atom stereocenters. The molecule has 1 radical (unpaired) electrons. The molecule has 2 nitrogen and oxygen atoms in total. The van der Waals surface area contributed by atoms with Crippen LogP contribution in [0.5, 0.6) is 0 Å². The second-order valence-corrected chi connectivity index (χ2v) is 2.02. The summed E-state index contributed by atoms with van der Waals surface area (Å²) in [5, 5.41) is 2.95. The van der Waals surface area contributed by atoms with Crippen molar-refractivity contribution < 1.29 is 0 Å². The quantitative estimate of drug-likeness (QED) is 0.594. The minimum absolute atomic E-state index is 0.908. The van der Waals surface area contributed by atoms with Gasteiger partial charge in [-0.2, -0.15) is 0 Å². The molecule has 0 spiro atoms. The Morgan fingerprint density at radius 1 is 1.50 bits per heavy atom. The van der Waals surface area contributed by atoms with E-state index in [0.717, 1.165) is 11.3 Å². The van der Waals surface area contributed by atoms with Gasteiger partial charge in [0.25, 0.3) is 0 Å². The lowest BCUT2D eigenvalue weighted by molar-refractivity contribution is 1.30. The van der Waals surface area contributed by atoms with Crippen LogP contribution in [0.3, 0.4) is 0 Å². The molecule has 0 amide bonds. The summed E-state index contributed by atoms with van der Waals surface area (Å²) in [5.74, 6) is 0.908. The monoisotopic (exact) mass is 133 g/mol. The predicted octanol–water partition coefficient (Wildman–Crippen LogP) is 0.501. The zero-order valence-electron chi connectivity index (χ0n) is 6.26. The number of rotatable bonds is 2. The maximum Gasteiger partial charge on any atom is 0.150 e. The van der Waals surface area contributed by atoms with Gasteiger partial charge < -0.3 is 5.32 Å². The van der Waals surface area contributed by atoms with Gasteiger partial charge in [-0.25, -0.2) is 4.98 Å². The van der Waals surface area contributed by atoms with Gasteiger partial charge in [-0.05, 0) is 6.07 Å². The van der Waals surface area contributed by atoms with E-state index in [9.17, 15) is 0 Å². The zero-order valence-corrected chi connectivity index (χ0v) is 6.26. The molecule has 1 aromatic heterocycles. The highest BCUT2D eigenvalue weighted by molar-refractivity contribution is 6.51. The first kappa shape index (κ1) is 7.13. The van der Waals surface area contributed by atoms with Gasteiger partial charge in [0.2, 0.25) is 0 Å². The fourth-order valence-electron chi connectivity index (χ4n) is 0.724. The smallest absolute Gasteiger partial charge is 0.150 e. The number of aromatic nitrogens is 1. The Hall–Kier alpha value is -0.985. The summed E-state index contributed by atoms with van der Waals surface area (Å²) in [7, 11) is 3.88. The Morgan fingerprint density at radius 2 is 2.30 bits per heavy atom. The average Bonchev–Trinajstić information content (AvgIpc) is 2.05. The lowest BCUT2D eigenvalue weighted by Crippen LogP contribution is -2.10. The molecule has 1 heterocycles. The van der Waals surface area contributed by atoms with Crippen LogP contribution >= 0.6 is 0 Å². The van der Waals surface area contributed by atoms with E-state index in [-0.39, 0.29) is 0 Å². The summed E-state index contributed by atoms with van der Waals surface area (Å²) in [4.78, 5) is 4.13. The van der Waals surface area contributed by atoms with Gasteiger partial charge in [0.15, 0.2) is 0 Å². The Bertz CT molecular complexity index is 172. The lowest BCUT2D eigenvalue weighted by Gasteiger charge is -1.98. The molecule has 1 rings (SSSR count). The van der Waals surface area contributed by atoms with Crippen LogP contribution in [-0.4, -0.2) is 19.3 Å². The Balaban J connectivity index is 2.80. The van der Waals surface area contributed by atoms with Crippen molar-refractivity contribution in [1.82, 2.24) is 4.98 Å². The summed E-state index contributed by atoms with van der Waals surface area (Å²) in [6.45, 7) is 2.00. The van der Waals surface area contributed by atoms with Gasteiger partial charge in [-0.3, -0.25) is 0 Å². The van der Waals surface area contributed by atoms with E-state index in [2.05, 4.69) is 10.3 Å². The van der Waals surface area contributed by atoms with Crippen molar-refractivity contribution in [2.75, 3.05) is 12.4 Å². The average molecular weight is 133 g/mol. The summed E-state index contributed by atoms with van der Waals surface area (Å²) in [5.41, 5.74) is 1.15. The van der Waals surface area contributed by atoms with Crippen molar-refractivity contribution in [3.05, 3.63) is 18.3 Å². The largest absolute Gasteiger partial charge is 0.373 e. The molecule has 1 N–H and O–H groups in total. The third-order valence-electron chi connectivity index (χ3n) is 1.38. The van der Waals surface area contributed by atoms with E-state index in [1.807, 2.05) is 39.5 Å². The van der Waals surface area contributed by atoms with Gasteiger partial charge >= 0.3 is 0 Å². The van der Waals surface area contributed by atoms with E-state index >= 15 is 0 Å². The van der Waals surface area contributed by atoms with Crippen LogP contribution in [-0.2, 0) is 0 Å². The van der Waals surface area contributed by atoms with E-state index < -0.39 is 0 Å². The zero-order chi connectivity index (χ0) is 7.40. The van der Waals surface area contributed by atoms with Crippen LogP contribution in [0.15, 0.2) is 18.3 Å². The van der Waals surface area contributed by atoms with Crippen molar-refractivity contribution in [3.63, 3.8) is 0 Å². The van der Waals surface area contributed by atoms with Gasteiger partial charge in [-0.1, -0.05) is 18.4 Å². The van der Waals surface area contributed by atoms with Gasteiger partial charge in [0.05, 0.1) is 0 Å². The Labute approximate surface area is 61.9 Å². The first-order valence-corrected chi connectivity index (χ1v) is 3.30. The number of nitrogens with zero attached hydrogens (tertiary/aromatic N) is 1. The van der Waals surface area contributed by atoms with Crippen LogP contribution < -0.4 is 10.8 Å². The standard InChI is InChI=1S/C7H10BN2/c1-8-6-3-4-7(9-2)10-5-6/h3-5H,1-2H3,(H,9,10). The highest BCUT2D eigenvalue weighted by atomic mass is 14.9. The molecular weight excluding hydrogens is 123 g/mol. The molecule has 51 valence electrons. The number of nitrogens with one attached hydrogen (secondary N) is 1. The molecule has 0 saturated carbocycles. The fourth-order valence-corrected chi connectivity index (χ4v) is 0.724. The van der Waals surface area contributed by atoms with Gasteiger partial charge in [0.1, 0.15) is 13.1 Å². The summed E-state index contributed by atoms with van der Waals surface area (Å²) in [6, 6.07) is 3.98. The topological polar surface area (TPSA) is 24.9 Å². The lowest BCUT2D eigenvalue weighted by atomic mass is 9.74. The highest BCUT2D eigenvalue weighted by Gasteiger charge is 1.90. The number of hydrogen-bond donors (Lipinski definition) is 1. The molecule has 0 aromatic carbocycles. The molecule has 0 fully saturated rings. The fraction of sp³-hybridized carbons (Fsp3) is 0.286. The molecule has 3 heteroatoms. The van der Waals surface area contributed by atoms with Crippen LogP contribution in [0.2, 0.25) is 6.82 Å². The normalized spacial score (nSPS) is 9.00. The maximum absolute atomic E-state index is 4.13. The SMILES string of the molecule is C[B]c1ccc(NC)nc1. The molecular formula is C7H10BN2. The molecule has 0 aliphatic carbocycles. The van der Waals surface area contributed by atoms with E-state index in [0.29, 0.717) is 0 Å². The van der Waals surface area contributed by atoms with Gasteiger partial charge in [-0.15, -0.1) is 0 Å². The van der Waals surface area contributed by atoms with E-state index in [4.69, 9.17) is 0 Å². The van der Waals surface area contributed by atoms with Crippen molar-refractivity contribution in [2.24, 2.45) is 0 Å². The molecule has 0 bridgehead atoms. The summed E-state index contributed by atoms with van der Waals surface area (Å²) < 4.78 is 0. The van der Waals surface area contributed by atoms with Crippen LogP contribution in [0.1, 0.15) is 0 Å². The van der Waals surface area contributed by atoms with Gasteiger partial charge in [0, 0.05) is 13.2 Å². The number of anilines is 1. The van der Waals surface area contributed by atoms with Crippen molar-refractivity contribution in [3.8, 4) is 0 Å². The summed E-state index contributed by atoms with van der Waals surface area (Å²) in [6.07, 6.45) is 1.84. The highest BCUT2D eigenvalue weighted by Crippen LogP contribution is 1.94. The minimum atomic E-state index is 0.908. The van der Waals surface area contributed by atoms with Crippen LogP contribution in [0, 0.1) is 0 Å². The molecule has 10 heavy (non-hydrogen) atoms. The summed E-state index contributed by atoms with van der Waals surface area (Å²) >= 11 is 0. The minimum Gasteiger partial charge on any atom is -0.373 e. The number of pyridine rings is 1. The molecule has 0 aliphatic rings. The van der Waals surface area contributed by atoms with E-state index in [1.165, 1.54) is 0 Å². The van der Waals surface area contributed by atoms with Crippen LogP contribution in [0.4, 0.5) is 5.82 Å². The third kappa shape index (κ3) is 1.50.